The summed E-state index contributed by atoms with van der Waals surface area (Å²) in [7, 11) is 1.62. The van der Waals surface area contributed by atoms with E-state index in [1.807, 2.05) is 6.92 Å². The second-order valence-corrected chi connectivity index (χ2v) is 5.20. The van der Waals surface area contributed by atoms with Crippen LogP contribution in [0.1, 0.15) is 39.0 Å². The lowest BCUT2D eigenvalue weighted by molar-refractivity contribution is -0.211. The molecule has 1 N–H and O–H groups in total. The van der Waals surface area contributed by atoms with E-state index in [1.54, 1.807) is 7.05 Å². The third-order valence-corrected chi connectivity index (χ3v) is 3.92. The van der Waals surface area contributed by atoms with Crippen molar-refractivity contribution in [1.29, 1.82) is 0 Å². The van der Waals surface area contributed by atoms with E-state index in [0.29, 0.717) is 11.5 Å². The van der Waals surface area contributed by atoms with Gasteiger partial charge in [-0.1, -0.05) is 12.8 Å². The molecular formula is C12H20N2O4. The molecule has 0 aromatic heterocycles. The lowest BCUT2D eigenvalue weighted by atomic mass is 10.1. The average molecular weight is 256 g/mol. The summed E-state index contributed by atoms with van der Waals surface area (Å²) in [4.78, 5) is 25.0. The molecule has 2 amide bonds. The molecule has 102 valence electrons. The molecule has 2 rings (SSSR count). The molecule has 1 saturated heterocycles. The number of hydrogen-bond acceptors (Lipinski definition) is 4. The zero-order valence-corrected chi connectivity index (χ0v) is 10.8. The summed E-state index contributed by atoms with van der Waals surface area (Å²) in [5, 5.41) is 10.2. The summed E-state index contributed by atoms with van der Waals surface area (Å²) < 4.78 is 5.27. The summed E-state index contributed by atoms with van der Waals surface area (Å²) in [6, 6.07) is -0.583. The third kappa shape index (κ3) is 2.43. The number of esters is 1. The molecule has 18 heavy (non-hydrogen) atoms. The van der Waals surface area contributed by atoms with Crippen LogP contribution >= 0.6 is 0 Å². The normalized spacial score (nSPS) is 29.8. The molecule has 0 aromatic rings. The van der Waals surface area contributed by atoms with Gasteiger partial charge in [0.05, 0.1) is 5.92 Å². The fraction of sp³-hybridized carbons (Fsp3) is 0.833. The highest BCUT2D eigenvalue weighted by Crippen LogP contribution is 2.28. The lowest BCUT2D eigenvalue weighted by Gasteiger charge is -2.39. The highest BCUT2D eigenvalue weighted by Gasteiger charge is 2.38. The molecule has 0 radical (unpaired) electrons. The van der Waals surface area contributed by atoms with Gasteiger partial charge in [-0.25, -0.2) is 4.79 Å². The Morgan fingerprint density at radius 3 is 2.61 bits per heavy atom. The average Bonchev–Trinajstić information content (AvgIpc) is 2.87. The summed E-state index contributed by atoms with van der Waals surface area (Å²) >= 11 is 0. The first-order valence-electron chi connectivity index (χ1n) is 6.46. The third-order valence-electron chi connectivity index (χ3n) is 3.92. The maximum atomic E-state index is 11.9. The SMILES string of the molecule is CC1CC(OC(=O)C2CCCC2)N(O)C(=O)N1C. The predicted molar refractivity (Wildman–Crippen MR) is 62.7 cm³/mol. The van der Waals surface area contributed by atoms with Gasteiger partial charge in [0.15, 0.2) is 0 Å². The first-order valence-corrected chi connectivity index (χ1v) is 6.46. The van der Waals surface area contributed by atoms with Gasteiger partial charge < -0.3 is 9.64 Å². The van der Waals surface area contributed by atoms with Crippen molar-refractivity contribution in [2.24, 2.45) is 5.92 Å². The van der Waals surface area contributed by atoms with Gasteiger partial charge in [0.2, 0.25) is 6.23 Å². The van der Waals surface area contributed by atoms with Crippen LogP contribution in [0.25, 0.3) is 0 Å². The van der Waals surface area contributed by atoms with Crippen molar-refractivity contribution in [3.8, 4) is 0 Å². The van der Waals surface area contributed by atoms with Gasteiger partial charge in [-0.05, 0) is 19.8 Å². The second kappa shape index (κ2) is 5.14. The largest absolute Gasteiger partial charge is 0.439 e. The van der Waals surface area contributed by atoms with Crippen LogP contribution in [0.15, 0.2) is 0 Å². The number of ether oxygens (including phenoxy) is 1. The van der Waals surface area contributed by atoms with Crippen LogP contribution in [-0.2, 0) is 9.53 Å². The van der Waals surface area contributed by atoms with Crippen molar-refractivity contribution < 1.29 is 19.5 Å². The number of amides is 2. The molecule has 0 bridgehead atoms. The van der Waals surface area contributed by atoms with Crippen molar-refractivity contribution >= 4 is 12.0 Å². The van der Waals surface area contributed by atoms with Crippen LogP contribution in [0, 0.1) is 5.92 Å². The zero-order valence-electron chi connectivity index (χ0n) is 10.8. The van der Waals surface area contributed by atoms with Gasteiger partial charge >= 0.3 is 12.0 Å². The molecule has 0 spiro atoms. The number of carbonyl (C=O) groups is 2. The Morgan fingerprint density at radius 2 is 2.00 bits per heavy atom. The van der Waals surface area contributed by atoms with E-state index in [9.17, 15) is 14.8 Å². The summed E-state index contributed by atoms with van der Waals surface area (Å²) in [5.74, 6) is -0.357. The van der Waals surface area contributed by atoms with E-state index in [2.05, 4.69) is 0 Å². The molecule has 1 aliphatic heterocycles. The molecule has 1 saturated carbocycles. The minimum Gasteiger partial charge on any atom is -0.439 e. The van der Waals surface area contributed by atoms with Gasteiger partial charge in [-0.3, -0.25) is 10.0 Å². The summed E-state index contributed by atoms with van der Waals surface area (Å²) in [6.07, 6.45) is 3.37. The number of urea groups is 1. The Labute approximate surface area is 106 Å². The van der Waals surface area contributed by atoms with Gasteiger partial charge in [0.25, 0.3) is 0 Å². The minimum atomic E-state index is -0.850. The van der Waals surface area contributed by atoms with Crippen LogP contribution in [-0.4, -0.2) is 46.5 Å². The molecule has 0 aromatic carbocycles. The molecule has 2 aliphatic rings. The Balaban J connectivity index is 1.95. The standard InChI is InChI=1S/C12H20N2O4/c1-8-7-10(14(17)12(16)13(8)2)18-11(15)9-5-3-4-6-9/h8-10,17H,3-7H2,1-2H3. The van der Waals surface area contributed by atoms with Crippen LogP contribution in [0.5, 0.6) is 0 Å². The lowest BCUT2D eigenvalue weighted by Crippen LogP contribution is -2.56. The predicted octanol–water partition coefficient (Wildman–Crippen LogP) is 1.58. The van der Waals surface area contributed by atoms with E-state index in [4.69, 9.17) is 4.74 Å². The molecule has 1 heterocycles. The minimum absolute atomic E-state index is 0.0534. The van der Waals surface area contributed by atoms with Crippen LogP contribution in [0.4, 0.5) is 4.79 Å². The van der Waals surface area contributed by atoms with Gasteiger partial charge in [-0.2, -0.15) is 5.06 Å². The Morgan fingerprint density at radius 1 is 1.39 bits per heavy atom. The van der Waals surface area contributed by atoms with Crippen molar-refractivity contribution in [2.75, 3.05) is 7.05 Å². The zero-order chi connectivity index (χ0) is 13.3. The number of rotatable bonds is 2. The Kier molecular flexibility index (Phi) is 3.75. The second-order valence-electron chi connectivity index (χ2n) is 5.20. The fourth-order valence-corrected chi connectivity index (χ4v) is 2.51. The van der Waals surface area contributed by atoms with Crippen molar-refractivity contribution in [1.82, 2.24) is 9.96 Å². The number of hydroxylamine groups is 2. The van der Waals surface area contributed by atoms with E-state index in [-0.39, 0.29) is 17.9 Å². The quantitative estimate of drug-likeness (QED) is 0.601. The molecule has 6 nitrogen and oxygen atoms in total. The first kappa shape index (κ1) is 13.1. The topological polar surface area (TPSA) is 70.1 Å². The Hall–Kier alpha value is -1.30. The number of nitrogens with zero attached hydrogens (tertiary/aromatic N) is 2. The summed E-state index contributed by atoms with van der Waals surface area (Å²) in [5.41, 5.74) is 0. The smallest absolute Gasteiger partial charge is 0.347 e. The highest BCUT2D eigenvalue weighted by atomic mass is 16.6. The molecular weight excluding hydrogens is 236 g/mol. The maximum absolute atomic E-state index is 11.9. The molecule has 6 heteroatoms. The number of carbonyl (C=O) groups excluding carboxylic acids is 2. The molecule has 2 fully saturated rings. The monoisotopic (exact) mass is 256 g/mol. The number of hydrogen-bond donors (Lipinski definition) is 1. The van der Waals surface area contributed by atoms with Gasteiger partial charge in [0, 0.05) is 19.5 Å². The van der Waals surface area contributed by atoms with Crippen molar-refractivity contribution in [3.05, 3.63) is 0 Å². The molecule has 1 aliphatic carbocycles. The van der Waals surface area contributed by atoms with E-state index in [1.165, 1.54) is 4.90 Å². The van der Waals surface area contributed by atoms with Gasteiger partial charge in [-0.15, -0.1) is 0 Å². The molecule has 2 unspecified atom stereocenters. The Bertz CT molecular complexity index is 341. The summed E-state index contributed by atoms with van der Waals surface area (Å²) in [6.45, 7) is 1.86. The van der Waals surface area contributed by atoms with E-state index >= 15 is 0 Å². The van der Waals surface area contributed by atoms with E-state index in [0.717, 1.165) is 25.7 Å². The van der Waals surface area contributed by atoms with Crippen LogP contribution < -0.4 is 0 Å². The fourth-order valence-electron chi connectivity index (χ4n) is 2.51. The maximum Gasteiger partial charge on any atom is 0.347 e. The highest BCUT2D eigenvalue weighted by molar-refractivity contribution is 5.76. The van der Waals surface area contributed by atoms with Crippen molar-refractivity contribution in [2.45, 2.75) is 51.3 Å². The first-order chi connectivity index (χ1) is 8.50. The van der Waals surface area contributed by atoms with Crippen molar-refractivity contribution in [3.63, 3.8) is 0 Å². The van der Waals surface area contributed by atoms with Crippen LogP contribution in [0.3, 0.4) is 0 Å². The van der Waals surface area contributed by atoms with E-state index < -0.39 is 12.3 Å². The van der Waals surface area contributed by atoms with Gasteiger partial charge in [0.1, 0.15) is 0 Å². The molecule has 2 atom stereocenters. The van der Waals surface area contributed by atoms with Crippen LogP contribution in [0.2, 0.25) is 0 Å².